The van der Waals surface area contributed by atoms with Gasteiger partial charge in [0.05, 0.1) is 36.7 Å². The number of ether oxygens (including phenoxy) is 1. The largest absolute Gasteiger partial charge is 0.379 e. The fourth-order valence-electron chi connectivity index (χ4n) is 3.11. The van der Waals surface area contributed by atoms with E-state index in [4.69, 9.17) is 9.29 Å². The maximum Gasteiger partial charge on any atom is 0.294 e. The van der Waals surface area contributed by atoms with E-state index in [0.717, 1.165) is 45.0 Å². The van der Waals surface area contributed by atoms with Crippen LogP contribution in [0.5, 0.6) is 0 Å². The standard InChI is InChI=1S/C13H23N3O.C7H8O3S.CH4/c1-2-4-13(5-3-1)15-12-14-6-7-16-8-10-17-11-9-16;1-6-2-4-7(5-3-6)11(8,9)10;/h13H,1-11H2;2-5H,1H3,(H,8,9,10);1H4. The molecular weight excluding hydrogens is 390 g/mol. The molecule has 2 fully saturated rings. The van der Waals surface area contributed by atoms with Crippen molar-refractivity contribution >= 4 is 16.1 Å². The zero-order valence-electron chi connectivity index (χ0n) is 16.6. The molecule has 1 aromatic carbocycles. The molecule has 1 N–H and O–H groups in total. The zero-order valence-corrected chi connectivity index (χ0v) is 17.4. The van der Waals surface area contributed by atoms with Crippen molar-refractivity contribution in [3.63, 3.8) is 0 Å². The van der Waals surface area contributed by atoms with Crippen LogP contribution >= 0.6 is 0 Å². The Kier molecular flexibility index (Phi) is 12.0. The minimum Gasteiger partial charge on any atom is -0.379 e. The van der Waals surface area contributed by atoms with Gasteiger partial charge in [-0.15, -0.1) is 0 Å². The van der Waals surface area contributed by atoms with Crippen molar-refractivity contribution < 1.29 is 17.7 Å². The number of nitrogens with zero attached hydrogens (tertiary/aromatic N) is 3. The Morgan fingerprint density at radius 2 is 1.76 bits per heavy atom. The highest BCUT2D eigenvalue weighted by atomic mass is 32.2. The molecule has 1 saturated carbocycles. The maximum absolute atomic E-state index is 10.5. The van der Waals surface area contributed by atoms with Crippen LogP contribution in [0.15, 0.2) is 39.1 Å². The van der Waals surface area contributed by atoms with Crippen LogP contribution in [0, 0.1) is 6.92 Å². The Labute approximate surface area is 175 Å². The Morgan fingerprint density at radius 3 is 2.34 bits per heavy atom. The molecule has 0 atom stereocenters. The average Bonchev–Trinajstić information content (AvgIpc) is 2.69. The normalized spacial score (nSPS) is 17.9. The minimum atomic E-state index is -4.02. The topological polar surface area (TPSA) is 91.6 Å². The molecule has 1 heterocycles. The number of rotatable bonds is 5. The fourth-order valence-corrected chi connectivity index (χ4v) is 3.59. The van der Waals surface area contributed by atoms with Crippen LogP contribution in [-0.2, 0) is 14.9 Å². The monoisotopic (exact) mass is 425 g/mol. The summed E-state index contributed by atoms with van der Waals surface area (Å²) in [5.41, 5.74) is 0.956. The molecule has 1 aliphatic heterocycles. The van der Waals surface area contributed by atoms with Gasteiger partial charge in [-0.3, -0.25) is 9.45 Å². The lowest BCUT2D eigenvalue weighted by Gasteiger charge is -2.25. The highest BCUT2D eigenvalue weighted by Crippen LogP contribution is 2.19. The van der Waals surface area contributed by atoms with Gasteiger partial charge in [0.2, 0.25) is 0 Å². The van der Waals surface area contributed by atoms with Crippen LogP contribution in [0.2, 0.25) is 0 Å². The van der Waals surface area contributed by atoms with Crippen molar-refractivity contribution in [2.24, 2.45) is 9.98 Å². The second-order valence-corrected chi connectivity index (χ2v) is 8.57. The molecule has 8 heteroatoms. The predicted octanol–water partition coefficient (Wildman–Crippen LogP) is 3.70. The van der Waals surface area contributed by atoms with Gasteiger partial charge in [0.25, 0.3) is 10.1 Å². The van der Waals surface area contributed by atoms with E-state index in [9.17, 15) is 8.42 Å². The molecule has 0 radical (unpaired) electrons. The van der Waals surface area contributed by atoms with Gasteiger partial charge >= 0.3 is 0 Å². The number of hydrogen-bond acceptors (Lipinski definition) is 6. The SMILES string of the molecule is C.C(=NCCN1CCOCC1)=NC1CCCCC1.Cc1ccc(S(=O)(=O)O)cc1. The second-order valence-electron chi connectivity index (χ2n) is 7.14. The van der Waals surface area contributed by atoms with Gasteiger partial charge in [0, 0.05) is 19.6 Å². The van der Waals surface area contributed by atoms with E-state index in [1.54, 1.807) is 12.1 Å². The van der Waals surface area contributed by atoms with Crippen LogP contribution in [0.4, 0.5) is 0 Å². The van der Waals surface area contributed by atoms with Crippen LogP contribution in [-0.4, -0.2) is 69.3 Å². The molecule has 7 nitrogen and oxygen atoms in total. The molecule has 1 saturated heterocycles. The van der Waals surface area contributed by atoms with Crippen LogP contribution < -0.4 is 0 Å². The summed E-state index contributed by atoms with van der Waals surface area (Å²) < 4.78 is 34.9. The minimum absolute atomic E-state index is 0. The highest BCUT2D eigenvalue weighted by Gasteiger charge is 2.11. The Bertz CT molecular complexity index is 732. The average molecular weight is 426 g/mol. The van der Waals surface area contributed by atoms with Gasteiger partial charge in [-0.1, -0.05) is 44.4 Å². The van der Waals surface area contributed by atoms with Gasteiger partial charge in [0.1, 0.15) is 0 Å². The van der Waals surface area contributed by atoms with Crippen LogP contribution in [0.3, 0.4) is 0 Å². The first-order valence-electron chi connectivity index (χ1n) is 9.91. The first-order chi connectivity index (χ1) is 13.4. The van der Waals surface area contributed by atoms with E-state index in [1.165, 1.54) is 44.2 Å². The lowest BCUT2D eigenvalue weighted by Crippen LogP contribution is -2.37. The van der Waals surface area contributed by atoms with E-state index in [2.05, 4.69) is 20.9 Å². The van der Waals surface area contributed by atoms with Crippen molar-refractivity contribution in [2.45, 2.75) is 57.4 Å². The Hall–Kier alpha value is -1.57. The van der Waals surface area contributed by atoms with E-state index in [-0.39, 0.29) is 12.3 Å². The molecular formula is C21H35N3O4S. The molecule has 2 aliphatic rings. The van der Waals surface area contributed by atoms with Crippen molar-refractivity contribution in [3.05, 3.63) is 29.8 Å². The van der Waals surface area contributed by atoms with Crippen molar-refractivity contribution in [3.8, 4) is 0 Å². The summed E-state index contributed by atoms with van der Waals surface area (Å²) in [5.74, 6) is 0. The molecule has 1 aliphatic carbocycles. The van der Waals surface area contributed by atoms with Crippen LogP contribution in [0.25, 0.3) is 0 Å². The summed E-state index contributed by atoms with van der Waals surface area (Å²) in [6.07, 6.45) is 6.48. The first kappa shape index (κ1) is 25.5. The number of aliphatic imine (C=N–C) groups is 2. The van der Waals surface area contributed by atoms with Gasteiger partial charge in [-0.25, -0.2) is 9.98 Å². The van der Waals surface area contributed by atoms with Gasteiger partial charge in [0.15, 0.2) is 0 Å². The number of morpholine rings is 1. The summed E-state index contributed by atoms with van der Waals surface area (Å²) in [6, 6.07) is 9.37. The van der Waals surface area contributed by atoms with Crippen LogP contribution in [0.1, 0.15) is 45.1 Å². The summed E-state index contributed by atoms with van der Waals surface area (Å²) >= 11 is 0. The van der Waals surface area contributed by atoms with Crippen molar-refractivity contribution in [2.75, 3.05) is 39.4 Å². The predicted molar refractivity (Wildman–Crippen MR) is 117 cm³/mol. The van der Waals surface area contributed by atoms with Gasteiger partial charge in [-0.2, -0.15) is 8.42 Å². The lowest BCUT2D eigenvalue weighted by molar-refractivity contribution is 0.0395. The molecule has 0 unspecified atom stereocenters. The molecule has 3 rings (SSSR count). The number of benzene rings is 1. The fraction of sp³-hybridized carbons (Fsp3) is 0.667. The molecule has 1 aromatic rings. The molecule has 0 aromatic heterocycles. The summed E-state index contributed by atoms with van der Waals surface area (Å²) in [7, 11) is -4.02. The third-order valence-electron chi connectivity index (χ3n) is 4.84. The third kappa shape index (κ3) is 10.7. The number of aryl methyl sites for hydroxylation is 1. The first-order valence-corrected chi connectivity index (χ1v) is 11.3. The lowest BCUT2D eigenvalue weighted by atomic mass is 9.96. The molecule has 0 amide bonds. The summed E-state index contributed by atoms with van der Waals surface area (Å²) in [6.45, 7) is 7.46. The van der Waals surface area contributed by atoms with E-state index >= 15 is 0 Å². The molecule has 164 valence electrons. The Balaban J connectivity index is 0.000000306. The highest BCUT2D eigenvalue weighted by molar-refractivity contribution is 7.85. The van der Waals surface area contributed by atoms with Gasteiger partial charge in [-0.05, 0) is 31.9 Å². The second kappa shape index (κ2) is 13.6. The van der Waals surface area contributed by atoms with Crippen molar-refractivity contribution in [1.29, 1.82) is 0 Å². The van der Waals surface area contributed by atoms with E-state index in [1.807, 2.05) is 6.92 Å². The van der Waals surface area contributed by atoms with Crippen molar-refractivity contribution in [1.82, 2.24) is 4.90 Å². The van der Waals surface area contributed by atoms with Gasteiger partial charge < -0.3 is 4.74 Å². The third-order valence-corrected chi connectivity index (χ3v) is 5.70. The summed E-state index contributed by atoms with van der Waals surface area (Å²) in [5, 5.41) is 0. The molecule has 0 bridgehead atoms. The quantitative estimate of drug-likeness (QED) is 0.574. The molecule has 29 heavy (non-hydrogen) atoms. The van der Waals surface area contributed by atoms with E-state index < -0.39 is 10.1 Å². The van der Waals surface area contributed by atoms with E-state index in [0.29, 0.717) is 6.04 Å². The number of hydrogen-bond donors (Lipinski definition) is 1. The smallest absolute Gasteiger partial charge is 0.294 e. The maximum atomic E-state index is 10.5. The molecule has 0 spiro atoms. The Morgan fingerprint density at radius 1 is 1.14 bits per heavy atom. The summed E-state index contributed by atoms with van der Waals surface area (Å²) in [4.78, 5) is 11.0. The zero-order chi connectivity index (χ0) is 20.2.